The summed E-state index contributed by atoms with van der Waals surface area (Å²) in [5, 5.41) is 12.3. The van der Waals surface area contributed by atoms with E-state index in [0.29, 0.717) is 6.04 Å². The number of nitrogens with one attached hydrogen (secondary N) is 1. The summed E-state index contributed by atoms with van der Waals surface area (Å²) in [5.74, 6) is -0.354. The quantitative estimate of drug-likeness (QED) is 0.647. The van der Waals surface area contributed by atoms with Gasteiger partial charge in [-0.25, -0.2) is 0 Å². The van der Waals surface area contributed by atoms with E-state index in [-0.39, 0.29) is 17.5 Å². The maximum atomic E-state index is 12.5. The lowest BCUT2D eigenvalue weighted by Crippen LogP contribution is -2.27. The van der Waals surface area contributed by atoms with Crippen LogP contribution in [0.15, 0.2) is 42.0 Å². The summed E-state index contributed by atoms with van der Waals surface area (Å²) in [6.45, 7) is 10.2. The Bertz CT molecular complexity index is 823. The topological polar surface area (TPSA) is 57.8 Å². The SMILES string of the molecule is Cc1cc(/C=C(\C#N)C(=O)N[C@@H](C)c2ccccc2)c(C)n1C(C)C. The fraction of sp³-hybridized carbons (Fsp3) is 0.333. The van der Waals surface area contributed by atoms with E-state index in [4.69, 9.17) is 0 Å². The number of benzene rings is 1. The van der Waals surface area contributed by atoms with Crippen molar-refractivity contribution in [3.05, 3.63) is 64.5 Å². The first-order valence-electron chi connectivity index (χ1n) is 8.51. The highest BCUT2D eigenvalue weighted by atomic mass is 16.1. The van der Waals surface area contributed by atoms with Crippen molar-refractivity contribution in [1.29, 1.82) is 5.26 Å². The zero-order chi connectivity index (χ0) is 18.6. The summed E-state index contributed by atoms with van der Waals surface area (Å²) in [6, 6.07) is 13.9. The Kier molecular flexibility index (Phi) is 5.82. The number of hydrogen-bond acceptors (Lipinski definition) is 2. The van der Waals surface area contributed by atoms with E-state index < -0.39 is 0 Å². The molecule has 4 heteroatoms. The Morgan fingerprint density at radius 1 is 1.20 bits per heavy atom. The van der Waals surface area contributed by atoms with Gasteiger partial charge in [0.2, 0.25) is 0 Å². The van der Waals surface area contributed by atoms with E-state index in [0.717, 1.165) is 22.5 Å². The summed E-state index contributed by atoms with van der Waals surface area (Å²) < 4.78 is 2.20. The van der Waals surface area contributed by atoms with Gasteiger partial charge in [-0.1, -0.05) is 30.3 Å². The standard InChI is InChI=1S/C21H25N3O/c1-14(2)24-15(3)11-19(17(24)5)12-20(13-22)21(25)23-16(4)18-9-7-6-8-10-18/h6-12,14,16H,1-5H3,(H,23,25)/b20-12+/t16-/m0/s1. The monoisotopic (exact) mass is 335 g/mol. The van der Waals surface area contributed by atoms with Crippen molar-refractivity contribution in [2.24, 2.45) is 0 Å². The van der Waals surface area contributed by atoms with Gasteiger partial charge in [0.25, 0.3) is 5.91 Å². The van der Waals surface area contributed by atoms with Crippen LogP contribution in [0.1, 0.15) is 55.4 Å². The van der Waals surface area contributed by atoms with Crippen LogP contribution in [-0.2, 0) is 4.79 Å². The number of rotatable bonds is 5. The van der Waals surface area contributed by atoms with Gasteiger partial charge in [0, 0.05) is 17.4 Å². The predicted octanol–water partition coefficient (Wildman–Crippen LogP) is 4.47. The van der Waals surface area contributed by atoms with Crippen molar-refractivity contribution < 1.29 is 4.79 Å². The van der Waals surface area contributed by atoms with Gasteiger partial charge in [0.15, 0.2) is 0 Å². The molecule has 1 aromatic carbocycles. The molecule has 0 aliphatic rings. The maximum Gasteiger partial charge on any atom is 0.262 e. The van der Waals surface area contributed by atoms with Crippen LogP contribution < -0.4 is 5.32 Å². The minimum absolute atomic E-state index is 0.117. The number of carbonyl (C=O) groups excluding carboxylic acids is 1. The van der Waals surface area contributed by atoms with Crippen molar-refractivity contribution in [2.75, 3.05) is 0 Å². The van der Waals surface area contributed by atoms with Crippen LogP contribution in [-0.4, -0.2) is 10.5 Å². The number of amides is 1. The van der Waals surface area contributed by atoms with Crippen LogP contribution in [0.3, 0.4) is 0 Å². The molecule has 1 aromatic heterocycles. The fourth-order valence-electron chi connectivity index (χ4n) is 3.15. The second kappa shape index (κ2) is 7.85. The molecular weight excluding hydrogens is 310 g/mol. The van der Waals surface area contributed by atoms with Crippen molar-refractivity contribution in [3.63, 3.8) is 0 Å². The Hall–Kier alpha value is -2.80. The van der Waals surface area contributed by atoms with Crippen molar-refractivity contribution in [2.45, 2.75) is 46.7 Å². The third kappa shape index (κ3) is 4.19. The largest absolute Gasteiger partial charge is 0.346 e. The van der Waals surface area contributed by atoms with Crippen molar-refractivity contribution in [1.82, 2.24) is 9.88 Å². The third-order valence-electron chi connectivity index (χ3n) is 4.35. The first kappa shape index (κ1) is 18.5. The molecule has 0 aliphatic heterocycles. The molecule has 0 saturated carbocycles. The van der Waals surface area contributed by atoms with Crippen LogP contribution in [0.25, 0.3) is 6.08 Å². The lowest BCUT2D eigenvalue weighted by Gasteiger charge is -2.14. The molecule has 2 aromatic rings. The molecular formula is C21H25N3O. The molecule has 4 nitrogen and oxygen atoms in total. The van der Waals surface area contributed by atoms with Crippen LogP contribution in [0.4, 0.5) is 0 Å². The molecule has 0 saturated heterocycles. The van der Waals surface area contributed by atoms with Gasteiger partial charge in [-0.15, -0.1) is 0 Å². The van der Waals surface area contributed by atoms with E-state index >= 15 is 0 Å². The van der Waals surface area contributed by atoms with Gasteiger partial charge in [0.1, 0.15) is 11.6 Å². The lowest BCUT2D eigenvalue weighted by atomic mass is 10.1. The molecule has 0 unspecified atom stereocenters. The summed E-state index contributed by atoms with van der Waals surface area (Å²) in [5.41, 5.74) is 4.21. The van der Waals surface area contributed by atoms with Crippen molar-refractivity contribution in [3.8, 4) is 6.07 Å². The Morgan fingerprint density at radius 2 is 1.84 bits per heavy atom. The number of aromatic nitrogens is 1. The Morgan fingerprint density at radius 3 is 2.36 bits per heavy atom. The van der Waals surface area contributed by atoms with Gasteiger partial charge in [0.05, 0.1) is 6.04 Å². The van der Waals surface area contributed by atoms with E-state index in [1.54, 1.807) is 6.08 Å². The molecule has 1 N–H and O–H groups in total. The highest BCUT2D eigenvalue weighted by molar-refractivity contribution is 6.02. The lowest BCUT2D eigenvalue weighted by molar-refractivity contribution is -0.117. The molecule has 0 aliphatic carbocycles. The fourth-order valence-corrected chi connectivity index (χ4v) is 3.15. The van der Waals surface area contributed by atoms with E-state index in [1.807, 2.05) is 63.2 Å². The zero-order valence-electron chi connectivity index (χ0n) is 15.5. The molecule has 130 valence electrons. The normalized spacial score (nSPS) is 12.8. The van der Waals surface area contributed by atoms with Gasteiger partial charge >= 0.3 is 0 Å². The third-order valence-corrected chi connectivity index (χ3v) is 4.35. The van der Waals surface area contributed by atoms with Crippen LogP contribution >= 0.6 is 0 Å². The smallest absolute Gasteiger partial charge is 0.262 e. The van der Waals surface area contributed by atoms with E-state index in [2.05, 4.69) is 23.7 Å². The summed E-state index contributed by atoms with van der Waals surface area (Å²) in [6.07, 6.45) is 1.67. The van der Waals surface area contributed by atoms with Gasteiger partial charge in [-0.2, -0.15) is 5.26 Å². The van der Waals surface area contributed by atoms with E-state index in [1.165, 1.54) is 0 Å². The second-order valence-electron chi connectivity index (χ2n) is 6.57. The minimum Gasteiger partial charge on any atom is -0.346 e. The van der Waals surface area contributed by atoms with E-state index in [9.17, 15) is 10.1 Å². The maximum absolute atomic E-state index is 12.5. The molecule has 1 atom stereocenters. The Balaban J connectivity index is 2.25. The zero-order valence-corrected chi connectivity index (χ0v) is 15.5. The van der Waals surface area contributed by atoms with Gasteiger partial charge < -0.3 is 9.88 Å². The summed E-state index contributed by atoms with van der Waals surface area (Å²) in [7, 11) is 0. The number of nitriles is 1. The summed E-state index contributed by atoms with van der Waals surface area (Å²) >= 11 is 0. The molecule has 25 heavy (non-hydrogen) atoms. The molecule has 0 spiro atoms. The van der Waals surface area contributed by atoms with Crippen LogP contribution in [0, 0.1) is 25.2 Å². The predicted molar refractivity (Wildman–Crippen MR) is 101 cm³/mol. The number of nitrogens with zero attached hydrogens (tertiary/aromatic N) is 2. The van der Waals surface area contributed by atoms with Gasteiger partial charge in [-0.3, -0.25) is 4.79 Å². The molecule has 2 rings (SSSR count). The number of hydrogen-bond donors (Lipinski definition) is 1. The number of carbonyl (C=O) groups is 1. The molecule has 1 amide bonds. The molecule has 1 heterocycles. The highest BCUT2D eigenvalue weighted by Gasteiger charge is 2.16. The van der Waals surface area contributed by atoms with Crippen LogP contribution in [0.5, 0.6) is 0 Å². The van der Waals surface area contributed by atoms with Crippen molar-refractivity contribution >= 4 is 12.0 Å². The highest BCUT2D eigenvalue weighted by Crippen LogP contribution is 2.22. The average Bonchev–Trinajstić information content (AvgIpc) is 2.86. The second-order valence-corrected chi connectivity index (χ2v) is 6.57. The molecule has 0 bridgehead atoms. The first-order valence-corrected chi connectivity index (χ1v) is 8.51. The average molecular weight is 335 g/mol. The van der Waals surface area contributed by atoms with Gasteiger partial charge in [-0.05, 0) is 57.9 Å². The first-order chi connectivity index (χ1) is 11.8. The summed E-state index contributed by atoms with van der Waals surface area (Å²) in [4.78, 5) is 12.5. The molecule has 0 fully saturated rings. The number of aryl methyl sites for hydroxylation is 1. The van der Waals surface area contributed by atoms with Crippen LogP contribution in [0.2, 0.25) is 0 Å². The minimum atomic E-state index is -0.354. The molecule has 0 radical (unpaired) electrons. The Labute approximate surface area is 149 Å².